The highest BCUT2D eigenvalue weighted by atomic mass is 19.1. The van der Waals surface area contributed by atoms with Gasteiger partial charge in [-0.25, -0.2) is 18.7 Å². The van der Waals surface area contributed by atoms with Gasteiger partial charge in [0.05, 0.1) is 23.0 Å². The molecule has 0 aliphatic carbocycles. The van der Waals surface area contributed by atoms with Crippen molar-refractivity contribution in [3.05, 3.63) is 65.9 Å². The van der Waals surface area contributed by atoms with Crippen molar-refractivity contribution in [2.45, 2.75) is 18.9 Å². The van der Waals surface area contributed by atoms with Gasteiger partial charge in [-0.2, -0.15) is 5.26 Å². The second kappa shape index (κ2) is 10.4. The van der Waals surface area contributed by atoms with Crippen molar-refractivity contribution in [2.75, 3.05) is 56.2 Å². The smallest absolute Gasteiger partial charge is 0.167 e. The van der Waals surface area contributed by atoms with Gasteiger partial charge in [0.1, 0.15) is 29.0 Å². The minimum absolute atomic E-state index is 0.0563. The Morgan fingerprint density at radius 1 is 0.976 bits per heavy atom. The van der Waals surface area contributed by atoms with Crippen LogP contribution in [0.15, 0.2) is 48.7 Å². The second-order valence-electron chi connectivity index (χ2n) is 11.3. The number of benzene rings is 2. The number of fused-ring (bicyclic) bond motifs is 3. The summed E-state index contributed by atoms with van der Waals surface area (Å²) in [4.78, 5) is 14.1. The van der Waals surface area contributed by atoms with E-state index in [9.17, 15) is 9.65 Å². The van der Waals surface area contributed by atoms with E-state index in [4.69, 9.17) is 9.72 Å². The summed E-state index contributed by atoms with van der Waals surface area (Å²) >= 11 is 0. The first-order chi connectivity index (χ1) is 20.0. The molecule has 41 heavy (non-hydrogen) atoms. The highest BCUT2D eigenvalue weighted by Crippen LogP contribution is 2.37. The Morgan fingerprint density at radius 2 is 1.80 bits per heavy atom. The molecule has 210 valence electrons. The zero-order valence-corrected chi connectivity index (χ0v) is 22.9. The molecule has 3 aliphatic heterocycles. The lowest BCUT2D eigenvalue weighted by Gasteiger charge is -2.42. The Balaban J connectivity index is 1.37. The highest BCUT2D eigenvalue weighted by molar-refractivity contribution is 5.91. The minimum Gasteiger partial charge on any atom is -0.380 e. The summed E-state index contributed by atoms with van der Waals surface area (Å²) in [6.07, 6.45) is 3.97. The van der Waals surface area contributed by atoms with Crippen molar-refractivity contribution >= 4 is 22.5 Å². The zero-order valence-electron chi connectivity index (χ0n) is 22.9. The molecule has 3 fully saturated rings. The number of ether oxygens (including phenoxy) is 1. The highest BCUT2D eigenvalue weighted by Gasteiger charge is 2.32. The second-order valence-corrected chi connectivity index (χ2v) is 11.3. The Morgan fingerprint density at radius 3 is 2.51 bits per heavy atom. The van der Waals surface area contributed by atoms with Crippen molar-refractivity contribution in [3.63, 3.8) is 0 Å². The predicted octanol–water partition coefficient (Wildman–Crippen LogP) is 4.51. The van der Waals surface area contributed by atoms with Crippen molar-refractivity contribution in [2.24, 2.45) is 11.8 Å². The molecular weight excluding hydrogens is 524 g/mol. The first-order valence-electron chi connectivity index (χ1n) is 14.1. The van der Waals surface area contributed by atoms with Gasteiger partial charge >= 0.3 is 0 Å². The van der Waals surface area contributed by atoms with Gasteiger partial charge in [0, 0.05) is 50.7 Å². The average Bonchev–Trinajstić information content (AvgIpc) is 3.62. The van der Waals surface area contributed by atoms with Crippen LogP contribution in [-0.4, -0.2) is 67.0 Å². The molecule has 3 atom stereocenters. The molecule has 2 bridgehead atoms. The quantitative estimate of drug-likeness (QED) is 0.388. The Hall–Kier alpha value is -4.07. The van der Waals surface area contributed by atoms with Crippen molar-refractivity contribution < 1.29 is 13.5 Å². The number of pyridine rings is 1. The van der Waals surface area contributed by atoms with Crippen LogP contribution >= 0.6 is 0 Å². The van der Waals surface area contributed by atoms with Gasteiger partial charge in [0.25, 0.3) is 0 Å². The first-order valence-corrected chi connectivity index (χ1v) is 14.1. The molecule has 2 aromatic heterocycles. The largest absolute Gasteiger partial charge is 0.380 e. The molecule has 3 saturated heterocycles. The molecule has 4 aromatic rings. The zero-order chi connectivity index (χ0) is 28.1. The maximum atomic E-state index is 16.0. The number of nitrogens with one attached hydrogen (secondary N) is 1. The summed E-state index contributed by atoms with van der Waals surface area (Å²) in [5.74, 6) is 0.394. The fourth-order valence-corrected chi connectivity index (χ4v) is 6.71. The third-order valence-electron chi connectivity index (χ3n) is 8.72. The normalized spacial score (nSPS) is 22.3. The minimum atomic E-state index is -0.648. The third-order valence-corrected chi connectivity index (χ3v) is 8.72. The van der Waals surface area contributed by atoms with Crippen LogP contribution in [0.2, 0.25) is 0 Å². The standard InChI is InChI=1S/C31H31F2N7O/c1-41-24-7-9-38(18-24)23-4-5-27(26(33)12-23)40-30(21-2-3-22(13-34)25(32)11-21)37-29-28(6-8-36-31(29)40)39-16-19-10-20(17-39)15-35-14-19/h2-6,8,11-12,19-20,24,35H,7,9-10,14-18H2,1H3/t19?,20?,24-/m0/s1. The van der Waals surface area contributed by atoms with Gasteiger partial charge in [0.2, 0.25) is 0 Å². The molecule has 5 heterocycles. The number of rotatable bonds is 5. The van der Waals surface area contributed by atoms with Gasteiger partial charge in [-0.15, -0.1) is 0 Å². The van der Waals surface area contributed by atoms with Crippen molar-refractivity contribution in [1.82, 2.24) is 19.9 Å². The van der Waals surface area contributed by atoms with E-state index in [1.54, 1.807) is 30.0 Å². The predicted molar refractivity (Wildman–Crippen MR) is 153 cm³/mol. The van der Waals surface area contributed by atoms with Crippen LogP contribution in [0.1, 0.15) is 18.4 Å². The maximum Gasteiger partial charge on any atom is 0.167 e. The lowest BCUT2D eigenvalue weighted by molar-refractivity contribution is 0.121. The Kier molecular flexibility index (Phi) is 6.56. The van der Waals surface area contributed by atoms with Crippen LogP contribution in [0.5, 0.6) is 0 Å². The average molecular weight is 556 g/mol. The van der Waals surface area contributed by atoms with Crippen LogP contribution in [-0.2, 0) is 4.74 Å². The summed E-state index contributed by atoms with van der Waals surface area (Å²) in [5, 5.41) is 12.8. The van der Waals surface area contributed by atoms with Crippen LogP contribution < -0.4 is 15.1 Å². The number of methoxy groups -OCH3 is 1. The van der Waals surface area contributed by atoms with Gasteiger partial charge in [-0.3, -0.25) is 4.57 Å². The molecule has 2 aromatic carbocycles. The molecule has 3 aliphatic rings. The van der Waals surface area contributed by atoms with Gasteiger partial charge in [-0.1, -0.05) is 0 Å². The monoisotopic (exact) mass is 555 g/mol. The summed E-state index contributed by atoms with van der Waals surface area (Å²) in [7, 11) is 1.70. The number of anilines is 2. The van der Waals surface area contributed by atoms with E-state index < -0.39 is 11.6 Å². The SMILES string of the molecule is CO[C@H]1CCN(c2ccc(-n3c(-c4ccc(C#N)c(F)c4)nc4c(N5CC6CNCC(C6)C5)ccnc43)c(F)c2)C1. The van der Waals surface area contributed by atoms with Gasteiger partial charge in [0.15, 0.2) is 5.65 Å². The number of nitriles is 1. The number of hydrogen-bond donors (Lipinski definition) is 1. The number of imidazole rings is 1. The fourth-order valence-electron chi connectivity index (χ4n) is 6.71. The van der Waals surface area contributed by atoms with E-state index in [-0.39, 0.29) is 17.4 Å². The van der Waals surface area contributed by atoms with Crippen LogP contribution in [0.4, 0.5) is 20.2 Å². The topological polar surface area (TPSA) is 82.2 Å². The number of nitrogens with zero attached hydrogens (tertiary/aromatic N) is 6. The third kappa shape index (κ3) is 4.59. The molecular formula is C31H31F2N7O. The van der Waals surface area contributed by atoms with E-state index in [2.05, 4.69) is 20.1 Å². The number of halogens is 2. The molecule has 0 amide bonds. The van der Waals surface area contributed by atoms with Crippen molar-refractivity contribution in [3.8, 4) is 23.1 Å². The summed E-state index contributed by atoms with van der Waals surface area (Å²) in [6.45, 7) is 5.28. The van der Waals surface area contributed by atoms with Gasteiger partial charge < -0.3 is 19.9 Å². The lowest BCUT2D eigenvalue weighted by atomic mass is 9.85. The maximum absolute atomic E-state index is 16.0. The number of hydrogen-bond acceptors (Lipinski definition) is 7. The van der Waals surface area contributed by atoms with E-state index >= 15 is 4.39 Å². The van der Waals surface area contributed by atoms with Gasteiger partial charge in [-0.05, 0) is 80.2 Å². The summed E-state index contributed by atoms with van der Waals surface area (Å²) in [5.41, 5.74) is 3.54. The molecule has 2 unspecified atom stereocenters. The van der Waals surface area contributed by atoms with Crippen molar-refractivity contribution in [1.29, 1.82) is 5.26 Å². The summed E-state index contributed by atoms with van der Waals surface area (Å²) in [6, 6.07) is 13.4. The first kappa shape index (κ1) is 25.9. The van der Waals surface area contributed by atoms with Crippen LogP contribution in [0.25, 0.3) is 28.2 Å². The number of piperidine rings is 2. The Labute approximate surface area is 237 Å². The molecule has 7 rings (SSSR count). The molecule has 8 nitrogen and oxygen atoms in total. The fraction of sp³-hybridized carbons (Fsp3) is 0.387. The Bertz CT molecular complexity index is 1650. The van der Waals surface area contributed by atoms with E-state index in [0.717, 1.165) is 50.5 Å². The van der Waals surface area contributed by atoms with E-state index in [1.165, 1.54) is 24.6 Å². The summed E-state index contributed by atoms with van der Waals surface area (Å²) < 4.78 is 38.0. The molecule has 0 radical (unpaired) electrons. The van der Waals surface area contributed by atoms with E-state index in [0.29, 0.717) is 40.9 Å². The molecule has 0 spiro atoms. The van der Waals surface area contributed by atoms with Crippen LogP contribution in [0.3, 0.4) is 0 Å². The van der Waals surface area contributed by atoms with E-state index in [1.807, 2.05) is 18.2 Å². The number of aromatic nitrogens is 3. The van der Waals surface area contributed by atoms with Crippen LogP contribution in [0, 0.1) is 34.8 Å². The molecule has 0 saturated carbocycles. The lowest BCUT2D eigenvalue weighted by Crippen LogP contribution is -2.51. The molecule has 10 heteroatoms. The molecule has 1 N–H and O–H groups in total.